The van der Waals surface area contributed by atoms with Crippen LogP contribution in [0.5, 0.6) is 0 Å². The van der Waals surface area contributed by atoms with Gasteiger partial charge in [-0.25, -0.2) is 0 Å². The third-order valence-electron chi connectivity index (χ3n) is 5.44. The second-order valence-electron chi connectivity index (χ2n) is 7.57. The zero-order valence-electron chi connectivity index (χ0n) is 15.7. The van der Waals surface area contributed by atoms with E-state index in [0.717, 1.165) is 50.9 Å². The molecule has 2 heterocycles. The summed E-state index contributed by atoms with van der Waals surface area (Å²) in [5.74, 6) is -0.330. The van der Waals surface area contributed by atoms with Gasteiger partial charge in [-0.1, -0.05) is 24.3 Å². The lowest BCUT2D eigenvalue weighted by Gasteiger charge is -2.31. The first-order valence-electron chi connectivity index (χ1n) is 9.78. The van der Waals surface area contributed by atoms with Gasteiger partial charge in [-0.2, -0.15) is 0 Å². The van der Waals surface area contributed by atoms with E-state index in [9.17, 15) is 9.59 Å². The van der Waals surface area contributed by atoms with E-state index < -0.39 is 0 Å². The number of nitrogens with one attached hydrogen (secondary N) is 1. The van der Waals surface area contributed by atoms with Crippen LogP contribution < -0.4 is 16.8 Å². The van der Waals surface area contributed by atoms with Crippen LogP contribution in [0.3, 0.4) is 0 Å². The van der Waals surface area contributed by atoms with Gasteiger partial charge in [-0.3, -0.25) is 14.5 Å². The molecule has 2 aliphatic rings. The molecule has 1 aromatic carbocycles. The predicted octanol–water partition coefficient (Wildman–Crippen LogP) is 0.506. The molecule has 0 saturated carbocycles. The van der Waals surface area contributed by atoms with Gasteiger partial charge in [0.25, 0.3) is 0 Å². The molecule has 3 atom stereocenters. The molecule has 148 valence electrons. The van der Waals surface area contributed by atoms with E-state index in [1.807, 2.05) is 12.1 Å². The van der Waals surface area contributed by atoms with Crippen LogP contribution in [0.15, 0.2) is 24.3 Å². The lowest BCUT2D eigenvalue weighted by atomic mass is 9.97. The predicted molar refractivity (Wildman–Crippen MR) is 102 cm³/mol. The molecule has 0 radical (unpaired) electrons. The highest BCUT2D eigenvalue weighted by atomic mass is 16.5. The number of amides is 2. The molecule has 0 bridgehead atoms. The van der Waals surface area contributed by atoms with Crippen molar-refractivity contribution in [1.82, 2.24) is 10.2 Å². The normalized spacial score (nSPS) is 26.0. The summed E-state index contributed by atoms with van der Waals surface area (Å²) in [6.45, 7) is 3.42. The van der Waals surface area contributed by atoms with Crippen LogP contribution in [-0.2, 0) is 27.4 Å². The van der Waals surface area contributed by atoms with Crippen molar-refractivity contribution in [3.05, 3.63) is 35.4 Å². The highest BCUT2D eigenvalue weighted by Gasteiger charge is 2.29. The number of primary amides is 1. The van der Waals surface area contributed by atoms with Crippen molar-refractivity contribution in [2.75, 3.05) is 19.6 Å². The summed E-state index contributed by atoms with van der Waals surface area (Å²) < 4.78 is 5.63. The number of carbonyl (C=O) groups excluding carboxylic acids is 2. The van der Waals surface area contributed by atoms with E-state index in [4.69, 9.17) is 16.2 Å². The van der Waals surface area contributed by atoms with Crippen molar-refractivity contribution in [2.24, 2.45) is 17.4 Å². The topological polar surface area (TPSA) is 111 Å². The van der Waals surface area contributed by atoms with E-state index in [2.05, 4.69) is 22.3 Å². The number of carbonyl (C=O) groups is 2. The molecule has 2 fully saturated rings. The molecule has 0 aromatic heterocycles. The van der Waals surface area contributed by atoms with Crippen LogP contribution in [0.25, 0.3) is 0 Å². The first-order chi connectivity index (χ1) is 13.0. The minimum absolute atomic E-state index is 0.00199. The summed E-state index contributed by atoms with van der Waals surface area (Å²) in [7, 11) is 0. The van der Waals surface area contributed by atoms with Crippen LogP contribution in [-0.4, -0.2) is 48.6 Å². The molecule has 0 aliphatic carbocycles. The molecule has 0 spiro atoms. The lowest BCUT2D eigenvalue weighted by molar-refractivity contribution is -0.132. The minimum atomic E-state index is -0.388. The number of nitrogens with two attached hydrogens (primary N) is 2. The highest BCUT2D eigenvalue weighted by molar-refractivity contribution is 5.81. The summed E-state index contributed by atoms with van der Waals surface area (Å²) in [5.41, 5.74) is 13.3. The maximum absolute atomic E-state index is 12.3. The third-order valence-corrected chi connectivity index (χ3v) is 5.44. The number of benzene rings is 1. The summed E-state index contributed by atoms with van der Waals surface area (Å²) in [6, 6.07) is 8.19. The molecule has 7 nitrogen and oxygen atoms in total. The van der Waals surface area contributed by atoms with Crippen molar-refractivity contribution in [3.63, 3.8) is 0 Å². The van der Waals surface area contributed by atoms with Gasteiger partial charge in [0.2, 0.25) is 11.8 Å². The standard InChI is InChI=1S/C20H30N4O3/c21-10-17-6-7-18(27-17)20(26)23-11-14-3-1-4-15(9-14)12-24-8-2-5-16(13-24)19(22)25/h1,3-4,9,16-18H,2,5-8,10-13,21H2,(H2,22,25)(H,23,26)/t16?,17-,18+/m1/s1. The van der Waals surface area contributed by atoms with Crippen molar-refractivity contribution in [1.29, 1.82) is 0 Å². The number of hydrogen-bond donors (Lipinski definition) is 3. The Morgan fingerprint density at radius 3 is 2.78 bits per heavy atom. The van der Waals surface area contributed by atoms with Crippen LogP contribution in [0, 0.1) is 5.92 Å². The zero-order valence-corrected chi connectivity index (χ0v) is 15.7. The Morgan fingerprint density at radius 1 is 1.22 bits per heavy atom. The average Bonchev–Trinajstić information content (AvgIpc) is 3.16. The largest absolute Gasteiger partial charge is 0.369 e. The van der Waals surface area contributed by atoms with E-state index in [0.29, 0.717) is 13.1 Å². The monoisotopic (exact) mass is 374 g/mol. The van der Waals surface area contributed by atoms with Gasteiger partial charge >= 0.3 is 0 Å². The van der Waals surface area contributed by atoms with E-state index in [-0.39, 0.29) is 29.9 Å². The fourth-order valence-corrected chi connectivity index (χ4v) is 3.90. The Labute approximate surface area is 160 Å². The fraction of sp³-hybridized carbons (Fsp3) is 0.600. The number of ether oxygens (including phenoxy) is 1. The van der Waals surface area contributed by atoms with Crippen LogP contribution >= 0.6 is 0 Å². The molecular formula is C20H30N4O3. The number of likely N-dealkylation sites (tertiary alicyclic amines) is 1. The molecule has 2 aliphatic heterocycles. The number of rotatable bonds is 7. The van der Waals surface area contributed by atoms with Gasteiger partial charge in [0.1, 0.15) is 6.10 Å². The molecule has 1 unspecified atom stereocenters. The number of piperidine rings is 1. The van der Waals surface area contributed by atoms with Crippen molar-refractivity contribution < 1.29 is 14.3 Å². The Hall–Kier alpha value is -1.96. The van der Waals surface area contributed by atoms with Crippen LogP contribution in [0.4, 0.5) is 0 Å². The van der Waals surface area contributed by atoms with Crippen LogP contribution in [0.1, 0.15) is 36.8 Å². The summed E-state index contributed by atoms with van der Waals surface area (Å²) in [6.07, 6.45) is 3.05. The Morgan fingerprint density at radius 2 is 2.04 bits per heavy atom. The van der Waals surface area contributed by atoms with E-state index in [1.54, 1.807) is 0 Å². The van der Waals surface area contributed by atoms with Crippen LogP contribution in [0.2, 0.25) is 0 Å². The molecule has 3 rings (SSSR count). The van der Waals surface area contributed by atoms with Crippen molar-refractivity contribution in [3.8, 4) is 0 Å². The Kier molecular flexibility index (Phi) is 6.82. The molecule has 2 amide bonds. The summed E-state index contributed by atoms with van der Waals surface area (Å²) in [4.78, 5) is 26.0. The molecule has 2 saturated heterocycles. The first kappa shape index (κ1) is 19.8. The van der Waals surface area contributed by atoms with Crippen molar-refractivity contribution >= 4 is 11.8 Å². The van der Waals surface area contributed by atoms with Gasteiger partial charge in [-0.05, 0) is 43.4 Å². The molecular weight excluding hydrogens is 344 g/mol. The van der Waals surface area contributed by atoms with Gasteiger partial charge in [0.05, 0.1) is 12.0 Å². The SMILES string of the molecule is NC[C@H]1CC[C@@H](C(=O)NCc2cccc(CN3CCCC(C(N)=O)C3)c2)O1. The highest BCUT2D eigenvalue weighted by Crippen LogP contribution is 2.20. The lowest BCUT2D eigenvalue weighted by Crippen LogP contribution is -2.40. The smallest absolute Gasteiger partial charge is 0.249 e. The Balaban J connectivity index is 1.50. The van der Waals surface area contributed by atoms with E-state index in [1.165, 1.54) is 5.56 Å². The minimum Gasteiger partial charge on any atom is -0.369 e. The second kappa shape index (κ2) is 9.30. The molecule has 27 heavy (non-hydrogen) atoms. The van der Waals surface area contributed by atoms with Gasteiger partial charge in [-0.15, -0.1) is 0 Å². The van der Waals surface area contributed by atoms with Gasteiger partial charge in [0.15, 0.2) is 0 Å². The number of hydrogen-bond acceptors (Lipinski definition) is 5. The van der Waals surface area contributed by atoms with Gasteiger partial charge < -0.3 is 21.5 Å². The zero-order chi connectivity index (χ0) is 19.2. The summed E-state index contributed by atoms with van der Waals surface area (Å²) in [5, 5.41) is 2.96. The Bertz CT molecular complexity index is 666. The van der Waals surface area contributed by atoms with Crippen molar-refractivity contribution in [2.45, 2.75) is 51.0 Å². The average molecular weight is 374 g/mol. The molecule has 1 aromatic rings. The fourth-order valence-electron chi connectivity index (χ4n) is 3.90. The van der Waals surface area contributed by atoms with E-state index >= 15 is 0 Å². The van der Waals surface area contributed by atoms with Gasteiger partial charge in [0, 0.05) is 26.2 Å². The second-order valence-corrected chi connectivity index (χ2v) is 7.57. The third kappa shape index (κ3) is 5.51. The maximum Gasteiger partial charge on any atom is 0.249 e. The molecule has 5 N–H and O–H groups in total. The molecule has 7 heteroatoms. The summed E-state index contributed by atoms with van der Waals surface area (Å²) >= 11 is 0. The quantitative estimate of drug-likeness (QED) is 0.644. The first-order valence-corrected chi connectivity index (χ1v) is 9.78. The maximum atomic E-state index is 12.3. The number of nitrogens with zero attached hydrogens (tertiary/aromatic N) is 1.